The molecule has 4 aromatic rings. The first-order valence-corrected chi connectivity index (χ1v) is 11.8. The summed E-state index contributed by atoms with van der Waals surface area (Å²) in [5.41, 5.74) is 9.77. The molecular weight excluding hydrogens is 440 g/mol. The number of hydrogen-bond acceptors (Lipinski definition) is 6. The van der Waals surface area contributed by atoms with Crippen LogP contribution in [-0.4, -0.2) is 43.1 Å². The standard InChI is InChI=1S/C27H26N6O2/c1-3-23(34)32-14-17-12-21(32)22(13-17)33-27-24(26(28)29-15-30-27)25(31-33)18-7-9-19(10-8-18)35-20-6-4-5-16(2)11-20/h3-11,15,17,21-22H,1,12-14H2,2H3,(H2,28,29,30). The van der Waals surface area contributed by atoms with Crippen molar-refractivity contribution >= 4 is 22.8 Å². The number of fused-ring (bicyclic) bond motifs is 3. The van der Waals surface area contributed by atoms with E-state index in [1.54, 1.807) is 0 Å². The minimum absolute atomic E-state index is 0.0303. The van der Waals surface area contributed by atoms with Gasteiger partial charge in [-0.15, -0.1) is 0 Å². The minimum Gasteiger partial charge on any atom is -0.457 e. The van der Waals surface area contributed by atoms with Gasteiger partial charge in [-0.3, -0.25) is 4.79 Å². The van der Waals surface area contributed by atoms with E-state index >= 15 is 0 Å². The number of aromatic nitrogens is 4. The zero-order valence-corrected chi connectivity index (χ0v) is 19.5. The van der Waals surface area contributed by atoms with E-state index in [4.69, 9.17) is 15.6 Å². The first kappa shape index (κ1) is 21.3. The quantitative estimate of drug-likeness (QED) is 0.434. The molecule has 3 atom stereocenters. The predicted molar refractivity (Wildman–Crippen MR) is 134 cm³/mol. The van der Waals surface area contributed by atoms with E-state index in [1.807, 2.05) is 65.0 Å². The van der Waals surface area contributed by atoms with Crippen molar-refractivity contribution in [3.05, 3.63) is 73.1 Å². The van der Waals surface area contributed by atoms with Crippen LogP contribution in [0.5, 0.6) is 11.5 Å². The molecule has 1 saturated carbocycles. The second-order valence-corrected chi connectivity index (χ2v) is 9.36. The average molecular weight is 467 g/mol. The topological polar surface area (TPSA) is 99.2 Å². The van der Waals surface area contributed by atoms with Crippen LogP contribution in [0.4, 0.5) is 5.82 Å². The number of carbonyl (C=O) groups is 1. The van der Waals surface area contributed by atoms with Gasteiger partial charge in [-0.25, -0.2) is 14.6 Å². The molecule has 35 heavy (non-hydrogen) atoms. The summed E-state index contributed by atoms with van der Waals surface area (Å²) in [6, 6.07) is 15.8. The minimum atomic E-state index is -0.0303. The van der Waals surface area contributed by atoms with E-state index in [0.717, 1.165) is 53.1 Å². The van der Waals surface area contributed by atoms with Crippen molar-refractivity contribution < 1.29 is 9.53 Å². The molecule has 3 unspecified atom stereocenters. The lowest BCUT2D eigenvalue weighted by atomic mass is 10.1. The molecule has 1 saturated heterocycles. The number of anilines is 1. The molecule has 2 aromatic heterocycles. The van der Waals surface area contributed by atoms with Gasteiger partial charge in [0.05, 0.1) is 17.5 Å². The fourth-order valence-corrected chi connectivity index (χ4v) is 5.55. The third kappa shape index (κ3) is 3.62. The molecule has 2 N–H and O–H groups in total. The molecule has 2 fully saturated rings. The Morgan fingerprint density at radius 3 is 2.66 bits per heavy atom. The highest BCUT2D eigenvalue weighted by atomic mass is 16.5. The first-order chi connectivity index (χ1) is 17.0. The summed E-state index contributed by atoms with van der Waals surface area (Å²) in [5.74, 6) is 2.34. The Labute approximate surface area is 203 Å². The molecule has 0 radical (unpaired) electrons. The van der Waals surface area contributed by atoms with Crippen LogP contribution in [-0.2, 0) is 4.79 Å². The molecule has 2 aromatic carbocycles. The summed E-state index contributed by atoms with van der Waals surface area (Å²) in [6.45, 7) is 6.48. The molecule has 1 aliphatic heterocycles. The Bertz CT molecular complexity index is 1440. The maximum absolute atomic E-state index is 12.4. The number of carbonyl (C=O) groups excluding carboxylic acids is 1. The van der Waals surface area contributed by atoms with Crippen LogP contribution in [0, 0.1) is 12.8 Å². The van der Waals surface area contributed by atoms with Gasteiger partial charge in [-0.2, -0.15) is 5.10 Å². The van der Waals surface area contributed by atoms with Gasteiger partial charge in [0.2, 0.25) is 5.91 Å². The molecule has 1 amide bonds. The number of piperidine rings is 1. The number of hydrogen-bond donors (Lipinski definition) is 1. The normalized spacial score (nSPS) is 20.9. The Balaban J connectivity index is 1.37. The van der Waals surface area contributed by atoms with Gasteiger partial charge >= 0.3 is 0 Å². The van der Waals surface area contributed by atoms with Crippen LogP contribution in [0.15, 0.2) is 67.5 Å². The van der Waals surface area contributed by atoms with Crippen LogP contribution in [0.2, 0.25) is 0 Å². The third-order valence-electron chi connectivity index (χ3n) is 7.09. The lowest BCUT2D eigenvalue weighted by molar-refractivity contribution is -0.128. The summed E-state index contributed by atoms with van der Waals surface area (Å²) < 4.78 is 7.96. The smallest absolute Gasteiger partial charge is 0.246 e. The summed E-state index contributed by atoms with van der Waals surface area (Å²) in [4.78, 5) is 23.1. The highest BCUT2D eigenvalue weighted by molar-refractivity contribution is 5.98. The number of nitrogens with zero attached hydrogens (tertiary/aromatic N) is 5. The summed E-state index contributed by atoms with van der Waals surface area (Å²) in [5, 5.41) is 5.72. The lowest BCUT2D eigenvalue weighted by Gasteiger charge is -2.32. The van der Waals surface area contributed by atoms with E-state index in [9.17, 15) is 4.79 Å². The second-order valence-electron chi connectivity index (χ2n) is 9.36. The molecule has 176 valence electrons. The van der Waals surface area contributed by atoms with E-state index in [0.29, 0.717) is 17.4 Å². The van der Waals surface area contributed by atoms with Gasteiger partial charge < -0.3 is 15.4 Å². The number of ether oxygens (including phenoxy) is 1. The summed E-state index contributed by atoms with van der Waals surface area (Å²) in [7, 11) is 0. The molecular formula is C27H26N6O2. The molecule has 0 spiro atoms. The van der Waals surface area contributed by atoms with Crippen molar-refractivity contribution in [3.8, 4) is 22.8 Å². The van der Waals surface area contributed by atoms with Crippen molar-refractivity contribution in [2.24, 2.45) is 5.92 Å². The van der Waals surface area contributed by atoms with Crippen LogP contribution in [0.25, 0.3) is 22.3 Å². The number of aryl methyl sites for hydroxylation is 1. The number of nitrogen functional groups attached to an aromatic ring is 1. The maximum atomic E-state index is 12.4. The summed E-state index contributed by atoms with van der Waals surface area (Å²) in [6.07, 6.45) is 4.78. The average Bonchev–Trinajstić information content (AvgIpc) is 3.57. The zero-order valence-electron chi connectivity index (χ0n) is 19.5. The number of likely N-dealkylation sites (tertiary alicyclic amines) is 1. The van der Waals surface area contributed by atoms with E-state index in [2.05, 4.69) is 16.5 Å². The van der Waals surface area contributed by atoms with Crippen molar-refractivity contribution in [1.29, 1.82) is 0 Å². The molecule has 1 aliphatic carbocycles. The van der Waals surface area contributed by atoms with Gasteiger partial charge in [0, 0.05) is 12.1 Å². The third-order valence-corrected chi connectivity index (χ3v) is 7.09. The molecule has 8 heteroatoms. The Morgan fingerprint density at radius 2 is 1.91 bits per heavy atom. The van der Waals surface area contributed by atoms with E-state index in [-0.39, 0.29) is 18.0 Å². The SMILES string of the molecule is C=CC(=O)N1CC2CC1C(n1nc(-c3ccc(Oc4cccc(C)c4)cc3)c3c(N)ncnc31)C2. The van der Waals surface area contributed by atoms with Gasteiger partial charge in [-0.1, -0.05) is 18.7 Å². The second kappa shape index (κ2) is 8.23. The van der Waals surface area contributed by atoms with Crippen molar-refractivity contribution in [1.82, 2.24) is 24.6 Å². The summed E-state index contributed by atoms with van der Waals surface area (Å²) >= 11 is 0. The molecule has 2 aliphatic rings. The lowest BCUT2D eigenvalue weighted by Crippen LogP contribution is -2.42. The van der Waals surface area contributed by atoms with Crippen molar-refractivity contribution in [2.75, 3.05) is 12.3 Å². The van der Waals surface area contributed by atoms with Crippen molar-refractivity contribution in [3.63, 3.8) is 0 Å². The monoisotopic (exact) mass is 466 g/mol. The van der Waals surface area contributed by atoms with E-state index in [1.165, 1.54) is 12.4 Å². The van der Waals surface area contributed by atoms with Crippen LogP contribution >= 0.6 is 0 Å². The van der Waals surface area contributed by atoms with Gasteiger partial charge in [0.1, 0.15) is 29.3 Å². The molecule has 6 rings (SSSR count). The maximum Gasteiger partial charge on any atom is 0.246 e. The van der Waals surface area contributed by atoms with Crippen LogP contribution < -0.4 is 10.5 Å². The van der Waals surface area contributed by atoms with Gasteiger partial charge in [-0.05, 0) is 73.7 Å². The van der Waals surface area contributed by atoms with Crippen LogP contribution in [0.3, 0.4) is 0 Å². The Hall–Kier alpha value is -4.20. The highest BCUT2D eigenvalue weighted by Crippen LogP contribution is 2.46. The predicted octanol–water partition coefficient (Wildman–Crippen LogP) is 4.52. The number of benzene rings is 2. The molecule has 3 heterocycles. The highest BCUT2D eigenvalue weighted by Gasteiger charge is 2.48. The molecule has 2 bridgehead atoms. The Kier molecular flexibility index (Phi) is 5.02. The molecule has 8 nitrogen and oxygen atoms in total. The number of nitrogens with two attached hydrogens (primary N) is 1. The van der Waals surface area contributed by atoms with Gasteiger partial charge in [0.25, 0.3) is 0 Å². The fourth-order valence-electron chi connectivity index (χ4n) is 5.55. The zero-order chi connectivity index (χ0) is 24.1. The van der Waals surface area contributed by atoms with Crippen LogP contribution in [0.1, 0.15) is 24.4 Å². The largest absolute Gasteiger partial charge is 0.457 e. The number of amides is 1. The van der Waals surface area contributed by atoms with Crippen molar-refractivity contribution in [2.45, 2.75) is 31.8 Å². The fraction of sp³-hybridized carbons (Fsp3) is 0.259. The number of rotatable bonds is 5. The van der Waals surface area contributed by atoms with E-state index < -0.39 is 0 Å². The van der Waals surface area contributed by atoms with Gasteiger partial charge in [0.15, 0.2) is 5.65 Å². The first-order valence-electron chi connectivity index (χ1n) is 11.8. The Morgan fingerprint density at radius 1 is 1.11 bits per heavy atom.